The summed E-state index contributed by atoms with van der Waals surface area (Å²) < 4.78 is 1.07. The van der Waals surface area contributed by atoms with Gasteiger partial charge < -0.3 is 5.11 Å². The second-order valence-electron chi connectivity index (χ2n) is 6.18. The van der Waals surface area contributed by atoms with Crippen molar-refractivity contribution < 1.29 is 10.0 Å². The Morgan fingerprint density at radius 1 is 1.07 bits per heavy atom. The minimum absolute atomic E-state index is 0.0412. The van der Waals surface area contributed by atoms with Crippen molar-refractivity contribution in [2.75, 3.05) is 0 Å². The topological polar surface area (TPSA) is 88.6 Å². The molecular weight excluding hydrogens is 386 g/mol. The molecule has 0 unspecified atom stereocenters. The second-order valence-corrected chi connectivity index (χ2v) is 7.21. The van der Waals surface area contributed by atoms with Crippen molar-refractivity contribution in [2.24, 2.45) is 4.99 Å². The van der Waals surface area contributed by atoms with Gasteiger partial charge in [-0.25, -0.2) is 4.98 Å². The normalized spacial score (nSPS) is 11.6. The summed E-state index contributed by atoms with van der Waals surface area (Å²) >= 11 is 1.52. The van der Waals surface area contributed by atoms with E-state index in [0.29, 0.717) is 16.8 Å². The van der Waals surface area contributed by atoms with Crippen molar-refractivity contribution >= 4 is 45.2 Å². The highest BCUT2D eigenvalue weighted by molar-refractivity contribution is 7.21. The van der Waals surface area contributed by atoms with Gasteiger partial charge in [0, 0.05) is 24.4 Å². The molecule has 7 heteroatoms. The van der Waals surface area contributed by atoms with E-state index in [1.807, 2.05) is 24.3 Å². The van der Waals surface area contributed by atoms with E-state index in [1.54, 1.807) is 48.7 Å². The lowest BCUT2D eigenvalue weighted by atomic mass is 10.2. The molecule has 4 aromatic rings. The number of para-hydroxylation sites is 1. The molecule has 1 heterocycles. The molecule has 29 heavy (non-hydrogen) atoms. The number of hydrogen-bond acceptors (Lipinski definition) is 6. The summed E-state index contributed by atoms with van der Waals surface area (Å²) in [5.74, 6) is 0.112. The van der Waals surface area contributed by atoms with Crippen LogP contribution in [0.2, 0.25) is 0 Å². The molecule has 0 bridgehead atoms. The number of non-ortho nitro benzene ring substituents is 1. The molecule has 1 aromatic heterocycles. The molecule has 0 atom stereocenters. The fraction of sp³-hybridized carbons (Fsp3) is 0. The highest BCUT2D eigenvalue weighted by Gasteiger charge is 2.10. The van der Waals surface area contributed by atoms with Gasteiger partial charge >= 0.3 is 0 Å². The van der Waals surface area contributed by atoms with Crippen molar-refractivity contribution in [2.45, 2.75) is 0 Å². The van der Waals surface area contributed by atoms with Crippen LogP contribution in [0.3, 0.4) is 0 Å². The number of phenolic OH excluding ortho intramolecular Hbond substituents is 1. The van der Waals surface area contributed by atoms with Crippen LogP contribution < -0.4 is 0 Å². The highest BCUT2D eigenvalue weighted by atomic mass is 32.1. The number of hydrogen-bond donors (Lipinski definition) is 1. The van der Waals surface area contributed by atoms with Gasteiger partial charge in [0.25, 0.3) is 5.69 Å². The third kappa shape index (κ3) is 4.20. The van der Waals surface area contributed by atoms with Crippen LogP contribution in [0.15, 0.2) is 77.8 Å². The van der Waals surface area contributed by atoms with Crippen LogP contribution in [0.25, 0.3) is 26.9 Å². The van der Waals surface area contributed by atoms with Crippen molar-refractivity contribution in [1.82, 2.24) is 4.98 Å². The SMILES string of the molecule is O=[N+]([O-])c1cccc(/C=C/C=Nc2ccc(-c3nc4ccccc4s3)c(O)c2)c1. The Kier molecular flexibility index (Phi) is 5.13. The second kappa shape index (κ2) is 8.04. The number of fused-ring (bicyclic) bond motifs is 1. The van der Waals surface area contributed by atoms with Crippen molar-refractivity contribution in [3.05, 3.63) is 88.5 Å². The molecule has 0 aliphatic heterocycles. The molecule has 4 rings (SSSR count). The van der Waals surface area contributed by atoms with Crippen molar-refractivity contribution in [1.29, 1.82) is 0 Å². The number of aromatic hydroxyl groups is 1. The predicted molar refractivity (Wildman–Crippen MR) is 117 cm³/mol. The zero-order valence-corrected chi connectivity index (χ0v) is 15.9. The summed E-state index contributed by atoms with van der Waals surface area (Å²) in [4.78, 5) is 19.2. The Hall–Kier alpha value is -3.84. The maximum atomic E-state index is 10.8. The first-order valence-electron chi connectivity index (χ1n) is 8.74. The molecule has 0 radical (unpaired) electrons. The number of thiazole rings is 1. The highest BCUT2D eigenvalue weighted by Crippen LogP contribution is 2.36. The van der Waals surface area contributed by atoms with Gasteiger partial charge in [0.05, 0.1) is 26.4 Å². The Labute approximate surface area is 170 Å². The number of rotatable bonds is 5. The van der Waals surface area contributed by atoms with Gasteiger partial charge in [-0.1, -0.05) is 30.3 Å². The molecule has 0 aliphatic carbocycles. The predicted octanol–water partition coefficient (Wildman–Crippen LogP) is 5.99. The molecule has 0 saturated heterocycles. The molecule has 142 valence electrons. The quantitative estimate of drug-likeness (QED) is 0.253. The largest absolute Gasteiger partial charge is 0.507 e. The summed E-state index contributed by atoms with van der Waals surface area (Å²) in [6.45, 7) is 0. The number of allylic oxidation sites excluding steroid dienone is 1. The van der Waals surface area contributed by atoms with E-state index >= 15 is 0 Å². The number of nitrogens with zero attached hydrogens (tertiary/aromatic N) is 3. The van der Waals surface area contributed by atoms with E-state index in [2.05, 4.69) is 9.98 Å². The Balaban J connectivity index is 1.50. The van der Waals surface area contributed by atoms with Crippen LogP contribution in [0.5, 0.6) is 5.75 Å². The fourth-order valence-electron chi connectivity index (χ4n) is 2.79. The number of nitro benzene ring substituents is 1. The van der Waals surface area contributed by atoms with Crippen molar-refractivity contribution in [3.63, 3.8) is 0 Å². The van der Waals surface area contributed by atoms with Gasteiger partial charge in [-0.05, 0) is 35.9 Å². The van der Waals surface area contributed by atoms with Crippen LogP contribution in [0.1, 0.15) is 5.56 Å². The monoisotopic (exact) mass is 401 g/mol. The summed E-state index contributed by atoms with van der Waals surface area (Å²) in [5.41, 5.74) is 2.91. The van der Waals surface area contributed by atoms with Crippen LogP contribution in [-0.4, -0.2) is 21.2 Å². The lowest BCUT2D eigenvalue weighted by molar-refractivity contribution is -0.384. The maximum absolute atomic E-state index is 10.8. The first kappa shape index (κ1) is 18.5. The fourth-order valence-corrected chi connectivity index (χ4v) is 3.79. The van der Waals surface area contributed by atoms with Crippen LogP contribution >= 0.6 is 11.3 Å². The molecule has 0 spiro atoms. The van der Waals surface area contributed by atoms with E-state index in [4.69, 9.17) is 0 Å². The zero-order valence-electron chi connectivity index (χ0n) is 15.1. The smallest absolute Gasteiger partial charge is 0.270 e. The molecule has 0 fully saturated rings. The molecule has 3 aromatic carbocycles. The average Bonchev–Trinajstić information content (AvgIpc) is 3.15. The summed E-state index contributed by atoms with van der Waals surface area (Å²) in [6, 6.07) is 19.4. The Bertz CT molecular complexity index is 1230. The maximum Gasteiger partial charge on any atom is 0.270 e. The molecule has 6 nitrogen and oxygen atoms in total. The third-order valence-corrected chi connectivity index (χ3v) is 5.25. The van der Waals surface area contributed by atoms with Gasteiger partial charge in [-0.2, -0.15) is 0 Å². The van der Waals surface area contributed by atoms with E-state index in [9.17, 15) is 15.2 Å². The van der Waals surface area contributed by atoms with Crippen LogP contribution in [0.4, 0.5) is 11.4 Å². The van der Waals surface area contributed by atoms with E-state index in [0.717, 1.165) is 15.2 Å². The van der Waals surface area contributed by atoms with Gasteiger partial charge in [-0.15, -0.1) is 11.3 Å². The molecule has 0 saturated carbocycles. The summed E-state index contributed by atoms with van der Waals surface area (Å²) in [6.07, 6.45) is 4.99. The van der Waals surface area contributed by atoms with Gasteiger partial charge in [0.2, 0.25) is 0 Å². The number of nitro groups is 1. The number of benzene rings is 3. The number of aromatic nitrogens is 1. The number of aliphatic imine (C=N–C) groups is 1. The standard InChI is InChI=1S/C22H15N3O3S/c26-20-14-16(23-12-4-6-15-5-3-7-17(13-15)25(27)28)10-11-18(20)22-24-19-8-1-2-9-21(19)29-22/h1-14,26H/b6-4+,23-12?. The van der Waals surface area contributed by atoms with E-state index in [-0.39, 0.29) is 11.4 Å². The lowest BCUT2D eigenvalue weighted by Gasteiger charge is -2.01. The first-order valence-corrected chi connectivity index (χ1v) is 9.56. The molecule has 1 N–H and O–H groups in total. The minimum atomic E-state index is -0.429. The minimum Gasteiger partial charge on any atom is -0.507 e. The summed E-state index contributed by atoms with van der Waals surface area (Å²) in [7, 11) is 0. The molecule has 0 amide bonds. The third-order valence-electron chi connectivity index (χ3n) is 4.18. The van der Waals surface area contributed by atoms with Crippen molar-refractivity contribution in [3.8, 4) is 16.3 Å². The summed E-state index contributed by atoms with van der Waals surface area (Å²) in [5, 5.41) is 22.0. The average molecular weight is 401 g/mol. The Morgan fingerprint density at radius 3 is 2.72 bits per heavy atom. The van der Waals surface area contributed by atoms with Crippen LogP contribution in [-0.2, 0) is 0 Å². The van der Waals surface area contributed by atoms with Gasteiger partial charge in [0.15, 0.2) is 0 Å². The lowest BCUT2D eigenvalue weighted by Crippen LogP contribution is -1.87. The molecular formula is C22H15N3O3S. The molecule has 0 aliphatic rings. The first-order chi connectivity index (χ1) is 14.1. The van der Waals surface area contributed by atoms with E-state index in [1.165, 1.54) is 23.5 Å². The van der Waals surface area contributed by atoms with Crippen LogP contribution in [0, 0.1) is 10.1 Å². The van der Waals surface area contributed by atoms with Gasteiger partial charge in [0.1, 0.15) is 10.8 Å². The van der Waals surface area contributed by atoms with Gasteiger partial charge in [-0.3, -0.25) is 15.1 Å². The zero-order chi connectivity index (χ0) is 20.2. The number of phenols is 1. The van der Waals surface area contributed by atoms with E-state index < -0.39 is 4.92 Å². The Morgan fingerprint density at radius 2 is 1.93 bits per heavy atom.